The van der Waals surface area contributed by atoms with Crippen molar-refractivity contribution in [2.45, 2.75) is 95.9 Å². The van der Waals surface area contributed by atoms with Gasteiger partial charge in [-0.05, 0) is 44.4 Å². The van der Waals surface area contributed by atoms with Gasteiger partial charge in [0.25, 0.3) is 0 Å². The Morgan fingerprint density at radius 1 is 1.27 bits per heavy atom. The van der Waals surface area contributed by atoms with Gasteiger partial charge in [0.2, 0.25) is 11.8 Å². The molecule has 8 nitrogen and oxygen atoms in total. The smallest absolute Gasteiger partial charge is 0.312 e. The average Bonchev–Trinajstić information content (AvgIpc) is 3.48. The minimum Gasteiger partial charge on any atom is -0.465 e. The Kier molecular flexibility index (Phi) is 9.62. The van der Waals surface area contributed by atoms with E-state index in [-0.39, 0.29) is 30.9 Å². The van der Waals surface area contributed by atoms with Crippen LogP contribution in [-0.2, 0) is 23.9 Å². The van der Waals surface area contributed by atoms with Crippen LogP contribution in [-0.4, -0.2) is 82.3 Å². The van der Waals surface area contributed by atoms with Crippen molar-refractivity contribution in [1.29, 1.82) is 0 Å². The third kappa shape index (κ3) is 5.11. The second kappa shape index (κ2) is 12.1. The monoisotopic (exact) mass is 518 g/mol. The van der Waals surface area contributed by atoms with Crippen LogP contribution < -0.4 is 0 Å². The summed E-state index contributed by atoms with van der Waals surface area (Å²) in [5.41, 5.74) is -1.96. The summed E-state index contributed by atoms with van der Waals surface area (Å²) in [5, 5.41) is 10.4. The maximum Gasteiger partial charge on any atom is 0.312 e. The molecule has 0 aromatic heterocycles. The van der Waals surface area contributed by atoms with E-state index in [0.29, 0.717) is 45.2 Å². The molecule has 2 unspecified atom stereocenters. The molecule has 37 heavy (non-hydrogen) atoms. The number of rotatable bonds is 15. The summed E-state index contributed by atoms with van der Waals surface area (Å²) in [4.78, 5) is 45.4. The summed E-state index contributed by atoms with van der Waals surface area (Å²) in [6, 6.07) is -1.45. The number of hydrogen-bond acceptors (Lipinski definition) is 6. The predicted octanol–water partition coefficient (Wildman–Crippen LogP) is 3.48. The number of aliphatic hydroxyl groups is 1. The Bertz CT molecular complexity index is 874. The van der Waals surface area contributed by atoms with E-state index in [9.17, 15) is 19.5 Å². The van der Waals surface area contributed by atoms with Crippen molar-refractivity contribution < 1.29 is 29.0 Å². The van der Waals surface area contributed by atoms with E-state index in [1.807, 2.05) is 20.8 Å². The van der Waals surface area contributed by atoms with Crippen LogP contribution in [0.4, 0.5) is 0 Å². The fraction of sp³-hybridized carbons (Fsp3) is 0.759. The minimum atomic E-state index is -1.12. The van der Waals surface area contributed by atoms with Crippen LogP contribution >= 0.6 is 0 Å². The molecule has 0 radical (unpaired) electrons. The molecule has 6 atom stereocenters. The third-order valence-electron chi connectivity index (χ3n) is 8.46. The molecule has 8 heteroatoms. The number of likely N-dealkylation sites (tertiary alicyclic amines) is 1. The topological polar surface area (TPSA) is 96.4 Å². The maximum atomic E-state index is 14.3. The molecule has 3 aliphatic rings. The van der Waals surface area contributed by atoms with Crippen molar-refractivity contribution in [3.8, 4) is 0 Å². The molecule has 3 rings (SSSR count). The first kappa shape index (κ1) is 29.4. The van der Waals surface area contributed by atoms with Crippen molar-refractivity contribution in [2.24, 2.45) is 17.8 Å². The van der Waals surface area contributed by atoms with Crippen LogP contribution in [0.1, 0.15) is 72.6 Å². The molecule has 0 saturated carbocycles. The molecule has 1 spiro atoms. The van der Waals surface area contributed by atoms with E-state index in [4.69, 9.17) is 9.47 Å². The van der Waals surface area contributed by atoms with Crippen molar-refractivity contribution in [3.05, 3.63) is 25.3 Å². The highest BCUT2D eigenvalue weighted by Gasteiger charge is 2.79. The Morgan fingerprint density at radius 3 is 2.57 bits per heavy atom. The van der Waals surface area contributed by atoms with Gasteiger partial charge < -0.3 is 24.4 Å². The summed E-state index contributed by atoms with van der Waals surface area (Å²) in [6.07, 6.45) is 7.81. The first-order valence-corrected chi connectivity index (χ1v) is 14.0. The van der Waals surface area contributed by atoms with E-state index in [1.165, 1.54) is 0 Å². The molecule has 3 heterocycles. The number of aliphatic hydroxyl groups excluding tert-OH is 1. The first-order valence-electron chi connectivity index (χ1n) is 14.0. The van der Waals surface area contributed by atoms with Gasteiger partial charge in [0.1, 0.15) is 17.6 Å². The van der Waals surface area contributed by atoms with Crippen molar-refractivity contribution in [2.75, 3.05) is 26.3 Å². The lowest BCUT2D eigenvalue weighted by atomic mass is 9.65. The quantitative estimate of drug-likeness (QED) is 0.203. The fourth-order valence-corrected chi connectivity index (χ4v) is 6.81. The van der Waals surface area contributed by atoms with E-state index in [0.717, 1.165) is 12.8 Å². The normalized spacial score (nSPS) is 30.9. The number of nitrogens with zero attached hydrogens (tertiary/aromatic N) is 2. The molecule has 2 bridgehead atoms. The Labute approximate surface area is 222 Å². The molecule has 3 saturated heterocycles. The Morgan fingerprint density at radius 2 is 2.00 bits per heavy atom. The largest absolute Gasteiger partial charge is 0.465 e. The number of ether oxygens (including phenoxy) is 2. The number of carbonyl (C=O) groups is 3. The van der Waals surface area contributed by atoms with Gasteiger partial charge in [0.15, 0.2) is 0 Å². The van der Waals surface area contributed by atoms with Crippen LogP contribution in [0.2, 0.25) is 0 Å². The van der Waals surface area contributed by atoms with E-state index in [1.54, 1.807) is 22.0 Å². The van der Waals surface area contributed by atoms with E-state index >= 15 is 0 Å². The van der Waals surface area contributed by atoms with Gasteiger partial charge in [-0.2, -0.15) is 0 Å². The number of amides is 2. The number of hydrogen-bond donors (Lipinski definition) is 1. The zero-order valence-corrected chi connectivity index (χ0v) is 23.1. The lowest BCUT2D eigenvalue weighted by molar-refractivity contribution is -0.163. The molecular weight excluding hydrogens is 472 g/mol. The van der Waals surface area contributed by atoms with Gasteiger partial charge in [-0.1, -0.05) is 46.3 Å². The zero-order valence-electron chi connectivity index (χ0n) is 23.1. The predicted molar refractivity (Wildman–Crippen MR) is 141 cm³/mol. The zero-order chi connectivity index (χ0) is 27.4. The summed E-state index contributed by atoms with van der Waals surface area (Å²) >= 11 is 0. The highest BCUT2D eigenvalue weighted by Crippen LogP contribution is 2.65. The second-order valence-corrected chi connectivity index (χ2v) is 11.2. The van der Waals surface area contributed by atoms with Gasteiger partial charge in [0, 0.05) is 13.1 Å². The summed E-state index contributed by atoms with van der Waals surface area (Å²) < 4.78 is 12.4. The van der Waals surface area contributed by atoms with Crippen LogP contribution in [0.3, 0.4) is 0 Å². The molecular formula is C29H46N2O6. The maximum absolute atomic E-state index is 14.3. The van der Waals surface area contributed by atoms with Gasteiger partial charge >= 0.3 is 5.97 Å². The summed E-state index contributed by atoms with van der Waals surface area (Å²) in [5.74, 6) is -2.33. The molecule has 1 N–H and O–H groups in total. The van der Waals surface area contributed by atoms with Crippen LogP contribution in [0, 0.1) is 17.8 Å². The molecule has 0 aromatic rings. The standard InChI is InChI=1S/C29H46N2O6/c1-7-11-16-30(15-9-3)26(34)24-29-14-13-28(10-4,37-29)23(27(35)36-17-12-8-2)22(29)25(33)31(24)21(19-32)18-20(5)6/h8-9,20-24,32H,2-3,7,10-19H2,1,4-6H3/t21-,22+,23+,24?,28-,29?/m1/s1. The molecule has 2 amide bonds. The highest BCUT2D eigenvalue weighted by atomic mass is 16.6. The van der Waals surface area contributed by atoms with E-state index < -0.39 is 41.1 Å². The van der Waals surface area contributed by atoms with E-state index in [2.05, 4.69) is 20.1 Å². The van der Waals surface area contributed by atoms with Gasteiger partial charge in [0.05, 0.1) is 30.8 Å². The first-order chi connectivity index (χ1) is 17.7. The summed E-state index contributed by atoms with van der Waals surface area (Å²) in [6.45, 7) is 16.4. The lowest BCUT2D eigenvalue weighted by Crippen LogP contribution is -2.59. The summed E-state index contributed by atoms with van der Waals surface area (Å²) in [7, 11) is 0. The Hall–Kier alpha value is -2.19. The number of carbonyl (C=O) groups excluding carboxylic acids is 3. The van der Waals surface area contributed by atoms with Crippen molar-refractivity contribution >= 4 is 17.8 Å². The van der Waals surface area contributed by atoms with Gasteiger partial charge in [-0.25, -0.2) is 0 Å². The lowest BCUT2D eigenvalue weighted by Gasteiger charge is -2.40. The molecule has 3 aliphatic heterocycles. The van der Waals surface area contributed by atoms with Crippen LogP contribution in [0.25, 0.3) is 0 Å². The van der Waals surface area contributed by atoms with Crippen molar-refractivity contribution in [1.82, 2.24) is 9.80 Å². The van der Waals surface area contributed by atoms with Gasteiger partial charge in [-0.15, -0.1) is 13.2 Å². The minimum absolute atomic E-state index is 0.190. The molecule has 3 fully saturated rings. The van der Waals surface area contributed by atoms with Crippen LogP contribution in [0.5, 0.6) is 0 Å². The third-order valence-corrected chi connectivity index (χ3v) is 8.46. The Balaban J connectivity index is 2.11. The fourth-order valence-electron chi connectivity index (χ4n) is 6.81. The molecule has 0 aliphatic carbocycles. The molecule has 0 aromatic carbocycles. The number of esters is 1. The number of unbranched alkanes of at least 4 members (excludes halogenated alkanes) is 1. The highest BCUT2D eigenvalue weighted by molar-refractivity contribution is 5.98. The molecule has 208 valence electrons. The van der Waals surface area contributed by atoms with Crippen LogP contribution in [0.15, 0.2) is 25.3 Å². The van der Waals surface area contributed by atoms with Crippen molar-refractivity contribution in [3.63, 3.8) is 0 Å². The van der Waals surface area contributed by atoms with Gasteiger partial charge in [-0.3, -0.25) is 14.4 Å². The number of fused-ring (bicyclic) bond motifs is 1. The SMILES string of the molecule is C=CCCOC(=O)[C@@H]1[C@H]2C(=O)N([C@@H](CO)CC(C)C)C(C(=O)N(CC=C)CCCC)C23CC[C@@]1(CC)O3. The second-order valence-electron chi connectivity index (χ2n) is 11.2. The average molecular weight is 519 g/mol.